The van der Waals surface area contributed by atoms with Crippen LogP contribution in [-0.4, -0.2) is 9.55 Å². The van der Waals surface area contributed by atoms with Gasteiger partial charge in [-0.05, 0) is 24.6 Å². The van der Waals surface area contributed by atoms with Crippen molar-refractivity contribution in [3.8, 4) is 0 Å². The van der Waals surface area contributed by atoms with Crippen LogP contribution in [0.3, 0.4) is 0 Å². The lowest BCUT2D eigenvalue weighted by atomic mass is 10.1. The van der Waals surface area contributed by atoms with E-state index in [-0.39, 0.29) is 11.9 Å². The van der Waals surface area contributed by atoms with Gasteiger partial charge < -0.3 is 9.88 Å². The van der Waals surface area contributed by atoms with Gasteiger partial charge in [-0.15, -0.1) is 0 Å². The molecule has 2 aromatic rings. The summed E-state index contributed by atoms with van der Waals surface area (Å²) in [5.41, 5.74) is 0.944. The van der Waals surface area contributed by atoms with Gasteiger partial charge in [0.25, 0.3) is 0 Å². The molecule has 0 aliphatic carbocycles. The van der Waals surface area contributed by atoms with E-state index in [2.05, 4.69) is 10.3 Å². The third-order valence-electron chi connectivity index (χ3n) is 2.84. The molecule has 0 unspecified atom stereocenters. The molecule has 4 heteroatoms. The summed E-state index contributed by atoms with van der Waals surface area (Å²) < 4.78 is 15.0. The van der Waals surface area contributed by atoms with E-state index >= 15 is 0 Å². The number of hydrogen-bond acceptors (Lipinski definition) is 2. The molecule has 1 atom stereocenters. The molecular formula is C13H16FN3. The molecule has 90 valence electrons. The van der Waals surface area contributed by atoms with Gasteiger partial charge in [0.15, 0.2) is 0 Å². The number of imidazole rings is 1. The van der Waals surface area contributed by atoms with E-state index in [1.165, 1.54) is 6.07 Å². The molecule has 0 saturated carbocycles. The van der Waals surface area contributed by atoms with E-state index < -0.39 is 0 Å². The Morgan fingerprint density at radius 3 is 2.94 bits per heavy atom. The van der Waals surface area contributed by atoms with Gasteiger partial charge in [0.05, 0.1) is 6.54 Å². The van der Waals surface area contributed by atoms with E-state index in [9.17, 15) is 4.39 Å². The number of nitrogens with one attached hydrogen (secondary N) is 1. The van der Waals surface area contributed by atoms with Crippen LogP contribution in [0.1, 0.15) is 24.4 Å². The minimum absolute atomic E-state index is 0.0994. The van der Waals surface area contributed by atoms with Crippen molar-refractivity contribution in [3.63, 3.8) is 0 Å². The summed E-state index contributed by atoms with van der Waals surface area (Å²) in [5, 5.41) is 3.32. The average Bonchev–Trinajstić information content (AvgIpc) is 2.72. The number of hydrogen-bond donors (Lipinski definition) is 1. The van der Waals surface area contributed by atoms with Gasteiger partial charge in [-0.25, -0.2) is 9.37 Å². The smallest absolute Gasteiger partial charge is 0.123 e. The highest BCUT2D eigenvalue weighted by Gasteiger charge is 2.07. The van der Waals surface area contributed by atoms with Crippen LogP contribution in [0.25, 0.3) is 0 Å². The quantitative estimate of drug-likeness (QED) is 0.878. The maximum Gasteiger partial charge on any atom is 0.123 e. The molecule has 1 aromatic carbocycles. The van der Waals surface area contributed by atoms with Crippen molar-refractivity contribution in [1.29, 1.82) is 0 Å². The van der Waals surface area contributed by atoms with Crippen LogP contribution < -0.4 is 5.32 Å². The second-order valence-corrected chi connectivity index (χ2v) is 4.11. The first-order valence-corrected chi connectivity index (χ1v) is 5.62. The van der Waals surface area contributed by atoms with Gasteiger partial charge >= 0.3 is 0 Å². The first-order valence-electron chi connectivity index (χ1n) is 5.62. The van der Waals surface area contributed by atoms with E-state index in [1.807, 2.05) is 30.8 Å². The van der Waals surface area contributed by atoms with Gasteiger partial charge in [0.2, 0.25) is 0 Å². The highest BCUT2D eigenvalue weighted by molar-refractivity contribution is 5.19. The van der Waals surface area contributed by atoms with Crippen molar-refractivity contribution in [2.24, 2.45) is 7.05 Å². The topological polar surface area (TPSA) is 29.9 Å². The summed E-state index contributed by atoms with van der Waals surface area (Å²) in [5.74, 6) is 0.765. The maximum absolute atomic E-state index is 13.1. The highest BCUT2D eigenvalue weighted by atomic mass is 19.1. The van der Waals surface area contributed by atoms with Crippen molar-refractivity contribution >= 4 is 0 Å². The molecule has 0 radical (unpaired) electrons. The summed E-state index contributed by atoms with van der Waals surface area (Å²) in [6, 6.07) is 6.75. The zero-order valence-corrected chi connectivity index (χ0v) is 10.0. The van der Waals surface area contributed by atoms with Crippen LogP contribution in [0.4, 0.5) is 4.39 Å². The lowest BCUT2D eigenvalue weighted by Crippen LogP contribution is -2.20. The molecule has 0 spiro atoms. The SMILES string of the molecule is C[C@@H](NCc1nccn1C)c1cccc(F)c1. The van der Waals surface area contributed by atoms with Crippen LogP contribution in [0.5, 0.6) is 0 Å². The molecule has 0 amide bonds. The Balaban J connectivity index is 1.98. The largest absolute Gasteiger partial charge is 0.337 e. The highest BCUT2D eigenvalue weighted by Crippen LogP contribution is 2.13. The van der Waals surface area contributed by atoms with Crippen molar-refractivity contribution in [2.45, 2.75) is 19.5 Å². The second kappa shape index (κ2) is 5.10. The molecule has 17 heavy (non-hydrogen) atoms. The Bertz CT molecular complexity index is 493. The van der Waals surface area contributed by atoms with E-state index in [0.29, 0.717) is 6.54 Å². The molecule has 0 aliphatic heterocycles. The molecule has 1 aromatic heterocycles. The fourth-order valence-electron chi connectivity index (χ4n) is 1.70. The minimum Gasteiger partial charge on any atom is -0.337 e. The number of benzene rings is 1. The van der Waals surface area contributed by atoms with Crippen molar-refractivity contribution in [3.05, 3.63) is 53.9 Å². The summed E-state index contributed by atoms with van der Waals surface area (Å²) in [7, 11) is 1.96. The fourth-order valence-corrected chi connectivity index (χ4v) is 1.70. The molecule has 0 bridgehead atoms. The van der Waals surface area contributed by atoms with E-state index in [0.717, 1.165) is 11.4 Å². The lowest BCUT2D eigenvalue weighted by molar-refractivity contribution is 0.543. The van der Waals surface area contributed by atoms with Crippen LogP contribution in [0.15, 0.2) is 36.7 Å². The Hall–Kier alpha value is -1.68. The molecule has 0 saturated heterocycles. The zero-order valence-electron chi connectivity index (χ0n) is 10.0. The van der Waals surface area contributed by atoms with Crippen LogP contribution >= 0.6 is 0 Å². The summed E-state index contributed by atoms with van der Waals surface area (Å²) in [4.78, 5) is 4.23. The van der Waals surface area contributed by atoms with Gasteiger partial charge in [-0.3, -0.25) is 0 Å². The van der Waals surface area contributed by atoms with Crippen molar-refractivity contribution in [2.75, 3.05) is 0 Å². The monoisotopic (exact) mass is 233 g/mol. The van der Waals surface area contributed by atoms with Gasteiger partial charge in [-0.1, -0.05) is 12.1 Å². The first-order chi connectivity index (χ1) is 8.16. The third kappa shape index (κ3) is 2.91. The molecule has 0 fully saturated rings. The second-order valence-electron chi connectivity index (χ2n) is 4.11. The molecular weight excluding hydrogens is 217 g/mol. The Morgan fingerprint density at radius 1 is 1.47 bits per heavy atom. The van der Waals surface area contributed by atoms with Crippen LogP contribution in [0, 0.1) is 5.82 Å². The average molecular weight is 233 g/mol. The Morgan fingerprint density at radius 2 is 2.29 bits per heavy atom. The Kier molecular flexibility index (Phi) is 3.54. The number of halogens is 1. The molecule has 3 nitrogen and oxygen atoms in total. The molecule has 1 heterocycles. The van der Waals surface area contributed by atoms with Crippen molar-refractivity contribution < 1.29 is 4.39 Å². The molecule has 0 aliphatic rings. The first kappa shape index (κ1) is 11.8. The van der Waals surface area contributed by atoms with E-state index in [4.69, 9.17) is 0 Å². The summed E-state index contributed by atoms with van der Waals surface area (Å²) >= 11 is 0. The zero-order chi connectivity index (χ0) is 12.3. The normalized spacial score (nSPS) is 12.6. The number of nitrogens with zero attached hydrogens (tertiary/aromatic N) is 2. The minimum atomic E-state index is -0.201. The van der Waals surface area contributed by atoms with Crippen LogP contribution in [0.2, 0.25) is 0 Å². The number of aryl methyl sites for hydroxylation is 1. The predicted molar refractivity (Wildman–Crippen MR) is 64.9 cm³/mol. The number of rotatable bonds is 4. The van der Waals surface area contributed by atoms with E-state index in [1.54, 1.807) is 18.3 Å². The fraction of sp³-hybridized carbons (Fsp3) is 0.308. The number of aromatic nitrogens is 2. The van der Waals surface area contributed by atoms with Gasteiger partial charge in [0, 0.05) is 25.5 Å². The molecule has 2 rings (SSSR count). The summed E-state index contributed by atoms with van der Waals surface area (Å²) in [6.45, 7) is 2.68. The van der Waals surface area contributed by atoms with Gasteiger partial charge in [-0.2, -0.15) is 0 Å². The van der Waals surface area contributed by atoms with Gasteiger partial charge in [0.1, 0.15) is 11.6 Å². The predicted octanol–water partition coefficient (Wildman–Crippen LogP) is 2.41. The molecule has 1 N–H and O–H groups in total. The maximum atomic E-state index is 13.1. The summed E-state index contributed by atoms with van der Waals surface area (Å²) in [6.07, 6.45) is 3.67. The third-order valence-corrected chi connectivity index (χ3v) is 2.84. The van der Waals surface area contributed by atoms with Crippen molar-refractivity contribution in [1.82, 2.24) is 14.9 Å². The van der Waals surface area contributed by atoms with Crippen LogP contribution in [-0.2, 0) is 13.6 Å². The lowest BCUT2D eigenvalue weighted by Gasteiger charge is -2.14. The standard InChI is InChI=1S/C13H16FN3/c1-10(11-4-3-5-12(14)8-11)16-9-13-15-6-7-17(13)2/h3-8,10,16H,9H2,1-2H3/t10-/m1/s1. The Labute approximate surface area is 100 Å².